The normalized spacial score (nSPS) is 10.7. The number of nitrogen functional groups attached to an aromatic ring is 1. The molecule has 128 valence electrons. The van der Waals surface area contributed by atoms with E-state index in [0.717, 1.165) is 11.4 Å². The minimum atomic E-state index is 0.443. The third-order valence-corrected chi connectivity index (χ3v) is 3.86. The summed E-state index contributed by atoms with van der Waals surface area (Å²) in [4.78, 5) is 12.9. The molecule has 0 saturated heterocycles. The van der Waals surface area contributed by atoms with E-state index in [-0.39, 0.29) is 0 Å². The van der Waals surface area contributed by atoms with Gasteiger partial charge in [0, 0.05) is 11.4 Å². The Morgan fingerprint density at radius 2 is 1.60 bits per heavy atom. The minimum Gasteiger partial charge on any atom is -0.393 e. The van der Waals surface area contributed by atoms with Crippen LogP contribution in [0.1, 0.15) is 31.0 Å². The SMILES string of the molecule is Cc1cccc(Nc2ncnc(Nc3ccc(C(C)C)cc3)c2N)n1. The molecular weight excluding hydrogens is 312 g/mol. The fourth-order valence-electron chi connectivity index (χ4n) is 2.42. The summed E-state index contributed by atoms with van der Waals surface area (Å²) in [6.45, 7) is 6.27. The Hall–Kier alpha value is -3.15. The topological polar surface area (TPSA) is 88.8 Å². The number of pyridine rings is 1. The molecule has 25 heavy (non-hydrogen) atoms. The van der Waals surface area contributed by atoms with Gasteiger partial charge in [0.1, 0.15) is 17.8 Å². The molecule has 4 N–H and O–H groups in total. The largest absolute Gasteiger partial charge is 0.393 e. The standard InChI is InChI=1S/C19H22N6/c1-12(2)14-7-9-15(10-8-14)24-18-17(20)19(22-11-21-18)25-16-6-4-5-13(3)23-16/h4-12H,20H2,1-3H3,(H2,21,22,23,24,25). The van der Waals surface area contributed by atoms with Gasteiger partial charge in [0.2, 0.25) is 0 Å². The van der Waals surface area contributed by atoms with Gasteiger partial charge in [0.25, 0.3) is 0 Å². The van der Waals surface area contributed by atoms with Crippen LogP contribution >= 0.6 is 0 Å². The Labute approximate surface area is 147 Å². The summed E-state index contributed by atoms with van der Waals surface area (Å²) in [5.41, 5.74) is 9.79. The number of hydrogen-bond donors (Lipinski definition) is 3. The van der Waals surface area contributed by atoms with Gasteiger partial charge >= 0.3 is 0 Å². The third-order valence-electron chi connectivity index (χ3n) is 3.86. The van der Waals surface area contributed by atoms with Crippen molar-refractivity contribution < 1.29 is 0 Å². The van der Waals surface area contributed by atoms with Crippen LogP contribution in [0.3, 0.4) is 0 Å². The predicted molar refractivity (Wildman–Crippen MR) is 103 cm³/mol. The smallest absolute Gasteiger partial charge is 0.160 e. The van der Waals surface area contributed by atoms with Crippen LogP contribution in [0, 0.1) is 6.92 Å². The molecule has 0 spiro atoms. The average Bonchev–Trinajstić information content (AvgIpc) is 2.59. The summed E-state index contributed by atoms with van der Waals surface area (Å²) >= 11 is 0. The fraction of sp³-hybridized carbons (Fsp3) is 0.211. The highest BCUT2D eigenvalue weighted by Gasteiger charge is 2.09. The van der Waals surface area contributed by atoms with Gasteiger partial charge in [-0.15, -0.1) is 0 Å². The molecule has 2 heterocycles. The molecule has 0 atom stereocenters. The van der Waals surface area contributed by atoms with E-state index in [1.165, 1.54) is 11.9 Å². The van der Waals surface area contributed by atoms with E-state index in [4.69, 9.17) is 5.73 Å². The Bertz CT molecular complexity index is 858. The van der Waals surface area contributed by atoms with Crippen molar-refractivity contribution in [2.45, 2.75) is 26.7 Å². The van der Waals surface area contributed by atoms with Crippen molar-refractivity contribution in [1.82, 2.24) is 15.0 Å². The van der Waals surface area contributed by atoms with Crippen LogP contribution in [0.4, 0.5) is 28.8 Å². The van der Waals surface area contributed by atoms with E-state index in [2.05, 4.69) is 51.6 Å². The molecule has 3 rings (SSSR count). The monoisotopic (exact) mass is 334 g/mol. The number of benzene rings is 1. The van der Waals surface area contributed by atoms with Gasteiger partial charge in [-0.2, -0.15) is 0 Å². The van der Waals surface area contributed by atoms with Gasteiger partial charge in [-0.25, -0.2) is 15.0 Å². The number of aromatic nitrogens is 3. The highest BCUT2D eigenvalue weighted by atomic mass is 15.1. The summed E-state index contributed by atoms with van der Waals surface area (Å²) in [5.74, 6) is 2.27. The second-order valence-corrected chi connectivity index (χ2v) is 6.18. The quantitative estimate of drug-likeness (QED) is 0.642. The molecule has 0 aliphatic rings. The van der Waals surface area contributed by atoms with Crippen molar-refractivity contribution in [3.63, 3.8) is 0 Å². The van der Waals surface area contributed by atoms with E-state index in [1.807, 2.05) is 37.3 Å². The lowest BCUT2D eigenvalue weighted by Crippen LogP contribution is -2.06. The van der Waals surface area contributed by atoms with Crippen LogP contribution in [0.25, 0.3) is 0 Å². The second-order valence-electron chi connectivity index (χ2n) is 6.18. The van der Waals surface area contributed by atoms with Gasteiger partial charge in [-0.1, -0.05) is 32.0 Å². The van der Waals surface area contributed by atoms with Crippen molar-refractivity contribution in [3.05, 3.63) is 60.0 Å². The third kappa shape index (κ3) is 4.03. The van der Waals surface area contributed by atoms with Crippen LogP contribution in [-0.2, 0) is 0 Å². The maximum atomic E-state index is 6.22. The van der Waals surface area contributed by atoms with Crippen LogP contribution in [0.2, 0.25) is 0 Å². The predicted octanol–water partition coefficient (Wildman–Crippen LogP) is 4.37. The molecule has 0 bridgehead atoms. The average molecular weight is 334 g/mol. The lowest BCUT2D eigenvalue weighted by molar-refractivity contribution is 0.867. The molecule has 0 amide bonds. The van der Waals surface area contributed by atoms with Gasteiger partial charge in [-0.05, 0) is 42.7 Å². The molecule has 0 aliphatic carbocycles. The lowest BCUT2D eigenvalue weighted by atomic mass is 10.0. The maximum absolute atomic E-state index is 6.22. The maximum Gasteiger partial charge on any atom is 0.160 e. The first kappa shape index (κ1) is 16.7. The Morgan fingerprint density at radius 3 is 2.24 bits per heavy atom. The van der Waals surface area contributed by atoms with Crippen molar-refractivity contribution in [2.24, 2.45) is 0 Å². The first-order valence-corrected chi connectivity index (χ1v) is 8.21. The molecular formula is C19H22N6. The summed E-state index contributed by atoms with van der Waals surface area (Å²) in [5, 5.41) is 6.38. The zero-order valence-corrected chi connectivity index (χ0v) is 14.6. The Kier molecular flexibility index (Phi) is 4.79. The number of aryl methyl sites for hydroxylation is 1. The molecule has 6 nitrogen and oxygen atoms in total. The van der Waals surface area contributed by atoms with Crippen molar-refractivity contribution >= 4 is 28.8 Å². The van der Waals surface area contributed by atoms with E-state index >= 15 is 0 Å². The number of anilines is 5. The number of nitrogens with two attached hydrogens (primary N) is 1. The Balaban J connectivity index is 1.81. The van der Waals surface area contributed by atoms with Crippen LogP contribution in [-0.4, -0.2) is 15.0 Å². The van der Waals surface area contributed by atoms with Crippen molar-refractivity contribution in [3.8, 4) is 0 Å². The summed E-state index contributed by atoms with van der Waals surface area (Å²) in [6.07, 6.45) is 1.47. The van der Waals surface area contributed by atoms with Crippen LogP contribution in [0.15, 0.2) is 48.8 Å². The molecule has 2 aromatic heterocycles. The first-order chi connectivity index (χ1) is 12.0. The van der Waals surface area contributed by atoms with E-state index in [9.17, 15) is 0 Å². The molecule has 3 aromatic rings. The highest BCUT2D eigenvalue weighted by Crippen LogP contribution is 2.28. The number of nitrogens with zero attached hydrogens (tertiary/aromatic N) is 3. The van der Waals surface area contributed by atoms with Crippen LogP contribution < -0.4 is 16.4 Å². The van der Waals surface area contributed by atoms with Gasteiger partial charge in [-0.3, -0.25) is 0 Å². The van der Waals surface area contributed by atoms with Crippen LogP contribution in [0.5, 0.6) is 0 Å². The Morgan fingerprint density at radius 1 is 0.920 bits per heavy atom. The highest BCUT2D eigenvalue weighted by molar-refractivity contribution is 5.79. The van der Waals surface area contributed by atoms with E-state index in [1.54, 1.807) is 0 Å². The molecule has 0 saturated carbocycles. The van der Waals surface area contributed by atoms with Gasteiger partial charge < -0.3 is 16.4 Å². The van der Waals surface area contributed by atoms with E-state index < -0.39 is 0 Å². The summed E-state index contributed by atoms with van der Waals surface area (Å²) < 4.78 is 0. The second kappa shape index (κ2) is 7.17. The molecule has 0 unspecified atom stereocenters. The molecule has 6 heteroatoms. The van der Waals surface area contributed by atoms with Crippen molar-refractivity contribution in [2.75, 3.05) is 16.4 Å². The fourth-order valence-corrected chi connectivity index (χ4v) is 2.42. The number of hydrogen-bond acceptors (Lipinski definition) is 6. The zero-order valence-electron chi connectivity index (χ0n) is 14.6. The number of rotatable bonds is 5. The molecule has 1 aromatic carbocycles. The lowest BCUT2D eigenvalue weighted by Gasteiger charge is -2.13. The summed E-state index contributed by atoms with van der Waals surface area (Å²) in [6, 6.07) is 14.0. The molecule has 0 radical (unpaired) electrons. The zero-order chi connectivity index (χ0) is 17.8. The van der Waals surface area contributed by atoms with Gasteiger partial charge in [0.15, 0.2) is 11.6 Å². The molecule has 0 aliphatic heterocycles. The first-order valence-electron chi connectivity index (χ1n) is 8.21. The van der Waals surface area contributed by atoms with Crippen molar-refractivity contribution in [1.29, 1.82) is 0 Å². The minimum absolute atomic E-state index is 0.443. The number of nitrogens with one attached hydrogen (secondary N) is 2. The van der Waals surface area contributed by atoms with E-state index in [0.29, 0.717) is 29.1 Å². The molecule has 0 fully saturated rings. The summed E-state index contributed by atoms with van der Waals surface area (Å²) in [7, 11) is 0. The van der Waals surface area contributed by atoms with Gasteiger partial charge in [0.05, 0.1) is 0 Å².